The third-order valence-electron chi connectivity index (χ3n) is 3.31. The Hall–Kier alpha value is -2.47. The lowest BCUT2D eigenvalue weighted by molar-refractivity contribution is 0.373. The molecule has 0 amide bonds. The maximum absolute atomic E-state index is 4.65. The van der Waals surface area contributed by atoms with E-state index in [0.29, 0.717) is 0 Å². The van der Waals surface area contributed by atoms with Crippen LogP contribution in [0.1, 0.15) is 6.92 Å². The monoisotopic (exact) mass is 282 g/mol. The van der Waals surface area contributed by atoms with E-state index in [2.05, 4.69) is 22.0 Å². The molecule has 108 valence electrons. The van der Waals surface area contributed by atoms with Gasteiger partial charge in [0.1, 0.15) is 5.52 Å². The second kappa shape index (κ2) is 5.49. The summed E-state index contributed by atoms with van der Waals surface area (Å²) in [6, 6.07) is 9.95. The highest BCUT2D eigenvalue weighted by atomic mass is 15.6. The van der Waals surface area contributed by atoms with E-state index < -0.39 is 0 Å². The van der Waals surface area contributed by atoms with Crippen molar-refractivity contribution in [3.05, 3.63) is 42.7 Å². The Morgan fingerprint density at radius 3 is 2.52 bits per heavy atom. The van der Waals surface area contributed by atoms with Crippen LogP contribution in [-0.2, 0) is 0 Å². The summed E-state index contributed by atoms with van der Waals surface area (Å²) in [6.07, 6.45) is 3.54. The predicted molar refractivity (Wildman–Crippen MR) is 83.4 cm³/mol. The molecule has 0 radical (unpaired) electrons. The molecule has 3 aromatic rings. The van der Waals surface area contributed by atoms with E-state index >= 15 is 0 Å². The van der Waals surface area contributed by atoms with Crippen molar-refractivity contribution in [2.45, 2.75) is 6.92 Å². The lowest BCUT2D eigenvalue weighted by atomic mass is 10.3. The van der Waals surface area contributed by atoms with Gasteiger partial charge in [-0.1, -0.05) is 18.2 Å². The van der Waals surface area contributed by atoms with E-state index in [0.717, 1.165) is 29.2 Å². The number of rotatable bonds is 4. The first kappa shape index (κ1) is 13.5. The molecule has 0 atom stereocenters. The van der Waals surface area contributed by atoms with Crippen LogP contribution in [0.5, 0.6) is 0 Å². The number of hydrogen-bond donors (Lipinski definition) is 0. The first-order valence-electron chi connectivity index (χ1n) is 6.91. The lowest BCUT2D eigenvalue weighted by Crippen LogP contribution is -2.37. The van der Waals surface area contributed by atoms with Crippen LogP contribution in [0, 0.1) is 0 Å². The topological polar surface area (TPSA) is 50.1 Å². The van der Waals surface area contributed by atoms with Crippen LogP contribution in [0.3, 0.4) is 0 Å². The molecule has 0 saturated carbocycles. The summed E-state index contributed by atoms with van der Waals surface area (Å²) in [6.45, 7) is 2.92. The molecule has 0 fully saturated rings. The van der Waals surface area contributed by atoms with Crippen LogP contribution in [0.4, 0.5) is 5.82 Å². The molecule has 2 aromatic heterocycles. The van der Waals surface area contributed by atoms with Gasteiger partial charge in [-0.2, -0.15) is 5.10 Å². The van der Waals surface area contributed by atoms with Crippen molar-refractivity contribution < 1.29 is 0 Å². The van der Waals surface area contributed by atoms with Crippen molar-refractivity contribution >= 4 is 17.0 Å². The van der Waals surface area contributed by atoms with Crippen LogP contribution < -0.4 is 5.01 Å². The number of benzene rings is 1. The average Bonchev–Trinajstić information content (AvgIpc) is 2.91. The maximum Gasteiger partial charge on any atom is 0.181 e. The van der Waals surface area contributed by atoms with Crippen molar-refractivity contribution in [1.82, 2.24) is 24.8 Å². The Bertz CT molecular complexity index is 734. The molecule has 0 bridgehead atoms. The van der Waals surface area contributed by atoms with Crippen LogP contribution in [0.2, 0.25) is 0 Å². The van der Waals surface area contributed by atoms with Crippen molar-refractivity contribution in [3.63, 3.8) is 0 Å². The smallest absolute Gasteiger partial charge is 0.181 e. The predicted octanol–water partition coefficient (Wildman–Crippen LogP) is 2.12. The fraction of sp³-hybridized carbons (Fsp3) is 0.267. The molecule has 0 spiro atoms. The highest BCUT2D eigenvalue weighted by Crippen LogP contribution is 2.18. The summed E-state index contributed by atoms with van der Waals surface area (Å²) in [5, 5.41) is 8.44. The fourth-order valence-electron chi connectivity index (χ4n) is 2.34. The lowest BCUT2D eigenvalue weighted by Gasteiger charge is -2.28. The summed E-state index contributed by atoms with van der Waals surface area (Å²) < 4.78 is 1.80. The Balaban J connectivity index is 2.06. The Labute approximate surface area is 123 Å². The second-order valence-electron chi connectivity index (χ2n) is 4.89. The normalized spacial score (nSPS) is 11.2. The van der Waals surface area contributed by atoms with Gasteiger partial charge in [0.2, 0.25) is 0 Å². The third-order valence-corrected chi connectivity index (χ3v) is 3.31. The zero-order valence-corrected chi connectivity index (χ0v) is 12.4. The number of para-hydroxylation sites is 1. The van der Waals surface area contributed by atoms with E-state index in [4.69, 9.17) is 0 Å². The zero-order chi connectivity index (χ0) is 14.8. The van der Waals surface area contributed by atoms with Gasteiger partial charge in [0.05, 0.1) is 18.1 Å². The van der Waals surface area contributed by atoms with Gasteiger partial charge in [-0.3, -0.25) is 5.01 Å². The molecule has 0 aliphatic carbocycles. The minimum absolute atomic E-state index is 0.764. The molecular weight excluding hydrogens is 264 g/mol. The summed E-state index contributed by atoms with van der Waals surface area (Å²) in [5.74, 6) is 0.822. The molecule has 0 unspecified atom stereocenters. The van der Waals surface area contributed by atoms with Gasteiger partial charge in [0.15, 0.2) is 11.5 Å². The summed E-state index contributed by atoms with van der Waals surface area (Å²) in [7, 11) is 3.98. The minimum atomic E-state index is 0.764. The Morgan fingerprint density at radius 1 is 1.10 bits per heavy atom. The van der Waals surface area contributed by atoms with Crippen molar-refractivity contribution in [2.75, 3.05) is 25.6 Å². The number of fused-ring (bicyclic) bond motifs is 1. The van der Waals surface area contributed by atoms with Crippen LogP contribution >= 0.6 is 0 Å². The molecule has 2 heterocycles. The molecule has 6 nitrogen and oxygen atoms in total. The molecule has 0 N–H and O–H groups in total. The van der Waals surface area contributed by atoms with E-state index in [-0.39, 0.29) is 0 Å². The van der Waals surface area contributed by atoms with Gasteiger partial charge in [-0.15, -0.1) is 0 Å². The van der Waals surface area contributed by atoms with E-state index in [9.17, 15) is 0 Å². The van der Waals surface area contributed by atoms with E-state index in [1.165, 1.54) is 0 Å². The molecular formula is C15H18N6. The Morgan fingerprint density at radius 2 is 1.86 bits per heavy atom. The van der Waals surface area contributed by atoms with Crippen molar-refractivity contribution in [3.8, 4) is 5.69 Å². The zero-order valence-electron chi connectivity index (χ0n) is 12.4. The number of hydrazine groups is 1. The van der Waals surface area contributed by atoms with Gasteiger partial charge >= 0.3 is 0 Å². The number of aromatic nitrogens is 4. The van der Waals surface area contributed by atoms with Gasteiger partial charge in [0.25, 0.3) is 0 Å². The quantitative estimate of drug-likeness (QED) is 0.686. The molecule has 0 saturated heterocycles. The molecule has 21 heavy (non-hydrogen) atoms. The summed E-state index contributed by atoms with van der Waals surface area (Å²) >= 11 is 0. The summed E-state index contributed by atoms with van der Waals surface area (Å²) in [5.41, 5.74) is 2.53. The summed E-state index contributed by atoms with van der Waals surface area (Å²) in [4.78, 5) is 9.19. The van der Waals surface area contributed by atoms with Gasteiger partial charge in [0, 0.05) is 20.6 Å². The van der Waals surface area contributed by atoms with E-state index in [1.54, 1.807) is 17.1 Å². The molecule has 6 heteroatoms. The number of anilines is 1. The Kier molecular flexibility index (Phi) is 3.53. The van der Waals surface area contributed by atoms with Crippen LogP contribution in [0.25, 0.3) is 16.9 Å². The van der Waals surface area contributed by atoms with Crippen LogP contribution in [0.15, 0.2) is 42.7 Å². The van der Waals surface area contributed by atoms with Crippen molar-refractivity contribution in [1.29, 1.82) is 0 Å². The highest BCUT2D eigenvalue weighted by Gasteiger charge is 2.12. The van der Waals surface area contributed by atoms with Gasteiger partial charge in [-0.25, -0.2) is 19.7 Å². The first-order valence-corrected chi connectivity index (χ1v) is 6.91. The van der Waals surface area contributed by atoms with Crippen LogP contribution in [-0.4, -0.2) is 45.4 Å². The first-order chi connectivity index (χ1) is 10.2. The third kappa shape index (κ3) is 2.45. The fourth-order valence-corrected chi connectivity index (χ4v) is 2.34. The average molecular weight is 282 g/mol. The molecule has 3 rings (SSSR count). The highest BCUT2D eigenvalue weighted by molar-refractivity contribution is 5.73. The molecule has 0 aliphatic rings. The van der Waals surface area contributed by atoms with Gasteiger partial charge in [-0.05, 0) is 19.1 Å². The SMILES string of the molecule is CCN(c1cnc2c(cnn2-c2ccccc2)n1)N(C)C. The molecule has 0 aliphatic heterocycles. The van der Waals surface area contributed by atoms with Gasteiger partial charge < -0.3 is 0 Å². The minimum Gasteiger partial charge on any atom is -0.289 e. The standard InChI is InChI=1S/C15H18N6/c1-4-20(19(2)3)14-11-16-15-13(18-14)10-17-21(15)12-8-6-5-7-9-12/h5-11H,4H2,1-3H3. The second-order valence-corrected chi connectivity index (χ2v) is 4.89. The largest absolute Gasteiger partial charge is 0.289 e. The maximum atomic E-state index is 4.65. The number of hydrogen-bond acceptors (Lipinski definition) is 5. The molecule has 1 aromatic carbocycles. The number of nitrogens with zero attached hydrogens (tertiary/aromatic N) is 6. The van der Waals surface area contributed by atoms with Crippen molar-refractivity contribution in [2.24, 2.45) is 0 Å². The van der Waals surface area contributed by atoms with E-state index in [1.807, 2.05) is 54.4 Å².